The molecule has 0 radical (unpaired) electrons. The largest absolute Gasteiger partial charge is 0.392 e. The standard InChI is InChI=1S/C12H24N2O2/c1-4-10(5-2)13-12(16)9(3)14-7-6-11(15)8-14/h9-11,15H,4-8H2,1-3H3,(H,13,16). The number of carbonyl (C=O) groups excluding carboxylic acids is 1. The molecule has 1 saturated heterocycles. The quantitative estimate of drug-likeness (QED) is 0.730. The molecule has 2 atom stereocenters. The summed E-state index contributed by atoms with van der Waals surface area (Å²) in [5.41, 5.74) is 0. The van der Waals surface area contributed by atoms with Crippen molar-refractivity contribution >= 4 is 5.91 Å². The predicted molar refractivity (Wildman–Crippen MR) is 64.2 cm³/mol. The molecule has 0 saturated carbocycles. The Morgan fingerprint density at radius 3 is 2.56 bits per heavy atom. The molecule has 0 aromatic heterocycles. The van der Waals surface area contributed by atoms with Gasteiger partial charge in [-0.15, -0.1) is 0 Å². The Hall–Kier alpha value is -0.610. The van der Waals surface area contributed by atoms with Gasteiger partial charge in [-0.3, -0.25) is 9.69 Å². The first-order chi connectivity index (χ1) is 7.58. The molecule has 1 heterocycles. The van der Waals surface area contributed by atoms with E-state index in [4.69, 9.17) is 0 Å². The molecule has 0 bridgehead atoms. The molecule has 1 rings (SSSR count). The molecule has 1 amide bonds. The highest BCUT2D eigenvalue weighted by Gasteiger charge is 2.28. The van der Waals surface area contributed by atoms with Crippen LogP contribution >= 0.6 is 0 Å². The van der Waals surface area contributed by atoms with Crippen molar-refractivity contribution in [1.82, 2.24) is 10.2 Å². The molecule has 1 aliphatic heterocycles. The first kappa shape index (κ1) is 13.5. The smallest absolute Gasteiger partial charge is 0.237 e. The Kier molecular flexibility index (Phi) is 5.22. The number of aliphatic hydroxyl groups excluding tert-OH is 1. The fraction of sp³-hybridized carbons (Fsp3) is 0.917. The second-order valence-corrected chi connectivity index (χ2v) is 4.64. The summed E-state index contributed by atoms with van der Waals surface area (Å²) in [5, 5.41) is 12.5. The molecule has 1 fully saturated rings. The molecule has 0 spiro atoms. The van der Waals surface area contributed by atoms with Gasteiger partial charge in [0, 0.05) is 19.1 Å². The van der Waals surface area contributed by atoms with Crippen LogP contribution in [-0.2, 0) is 4.79 Å². The number of β-amino-alcohol motifs (C(OH)–C–C–N with tert-alkyl or cyclic N) is 1. The van der Waals surface area contributed by atoms with E-state index in [9.17, 15) is 9.90 Å². The summed E-state index contributed by atoms with van der Waals surface area (Å²) in [6.45, 7) is 7.52. The third-order valence-corrected chi connectivity index (χ3v) is 3.45. The molecule has 0 aromatic carbocycles. The molecule has 0 aromatic rings. The van der Waals surface area contributed by atoms with Gasteiger partial charge < -0.3 is 10.4 Å². The summed E-state index contributed by atoms with van der Waals surface area (Å²) in [5.74, 6) is 0.0859. The lowest BCUT2D eigenvalue weighted by atomic mass is 10.1. The van der Waals surface area contributed by atoms with Crippen LogP contribution < -0.4 is 5.32 Å². The molecule has 94 valence electrons. The first-order valence-electron chi connectivity index (χ1n) is 6.30. The number of likely N-dealkylation sites (tertiary alicyclic amines) is 1. The van der Waals surface area contributed by atoms with Crippen LogP contribution in [-0.4, -0.2) is 47.2 Å². The lowest BCUT2D eigenvalue weighted by Gasteiger charge is -2.25. The monoisotopic (exact) mass is 228 g/mol. The van der Waals surface area contributed by atoms with Crippen LogP contribution in [0.1, 0.15) is 40.0 Å². The topological polar surface area (TPSA) is 52.6 Å². The zero-order valence-electron chi connectivity index (χ0n) is 10.6. The van der Waals surface area contributed by atoms with Crippen LogP contribution in [0.15, 0.2) is 0 Å². The number of rotatable bonds is 5. The summed E-state index contributed by atoms with van der Waals surface area (Å²) in [4.78, 5) is 14.0. The molecule has 2 unspecified atom stereocenters. The Bertz CT molecular complexity index is 229. The van der Waals surface area contributed by atoms with Gasteiger partial charge in [-0.2, -0.15) is 0 Å². The van der Waals surface area contributed by atoms with E-state index in [1.807, 2.05) is 11.8 Å². The number of hydrogen-bond donors (Lipinski definition) is 2. The minimum atomic E-state index is -0.261. The van der Waals surface area contributed by atoms with Crippen LogP contribution in [0.2, 0.25) is 0 Å². The van der Waals surface area contributed by atoms with Gasteiger partial charge in [0.15, 0.2) is 0 Å². The fourth-order valence-electron chi connectivity index (χ4n) is 2.10. The van der Waals surface area contributed by atoms with Crippen molar-refractivity contribution in [2.24, 2.45) is 0 Å². The molecule has 4 heteroatoms. The Balaban J connectivity index is 2.41. The lowest BCUT2D eigenvalue weighted by molar-refractivity contribution is -0.126. The molecule has 4 nitrogen and oxygen atoms in total. The van der Waals surface area contributed by atoms with E-state index in [-0.39, 0.29) is 24.1 Å². The van der Waals surface area contributed by atoms with Crippen LogP contribution in [0.4, 0.5) is 0 Å². The van der Waals surface area contributed by atoms with E-state index in [0.717, 1.165) is 25.8 Å². The third kappa shape index (κ3) is 3.46. The maximum Gasteiger partial charge on any atom is 0.237 e. The Morgan fingerprint density at radius 2 is 2.12 bits per heavy atom. The lowest BCUT2D eigenvalue weighted by Crippen LogP contribution is -2.47. The Labute approximate surface area is 98.0 Å². The van der Waals surface area contributed by atoms with Crippen molar-refractivity contribution in [3.8, 4) is 0 Å². The van der Waals surface area contributed by atoms with E-state index in [2.05, 4.69) is 19.2 Å². The minimum Gasteiger partial charge on any atom is -0.392 e. The molecular formula is C12H24N2O2. The van der Waals surface area contributed by atoms with Crippen molar-refractivity contribution in [3.05, 3.63) is 0 Å². The maximum atomic E-state index is 11.9. The number of hydrogen-bond acceptors (Lipinski definition) is 3. The van der Waals surface area contributed by atoms with Gasteiger partial charge in [0.2, 0.25) is 5.91 Å². The number of nitrogens with one attached hydrogen (secondary N) is 1. The van der Waals surface area contributed by atoms with Gasteiger partial charge in [-0.05, 0) is 26.2 Å². The van der Waals surface area contributed by atoms with E-state index >= 15 is 0 Å². The highest BCUT2D eigenvalue weighted by molar-refractivity contribution is 5.81. The van der Waals surface area contributed by atoms with Crippen LogP contribution in [0.25, 0.3) is 0 Å². The SMILES string of the molecule is CCC(CC)NC(=O)C(C)N1CCC(O)C1. The van der Waals surface area contributed by atoms with E-state index < -0.39 is 0 Å². The van der Waals surface area contributed by atoms with E-state index in [1.165, 1.54) is 0 Å². The summed E-state index contributed by atoms with van der Waals surface area (Å²) < 4.78 is 0. The maximum absolute atomic E-state index is 11.9. The van der Waals surface area contributed by atoms with Crippen molar-refractivity contribution in [3.63, 3.8) is 0 Å². The summed E-state index contributed by atoms with van der Waals surface area (Å²) in [7, 11) is 0. The molecular weight excluding hydrogens is 204 g/mol. The zero-order valence-corrected chi connectivity index (χ0v) is 10.6. The number of aliphatic hydroxyl groups is 1. The average molecular weight is 228 g/mol. The van der Waals surface area contributed by atoms with E-state index in [0.29, 0.717) is 6.54 Å². The number of amides is 1. The van der Waals surface area contributed by atoms with Gasteiger partial charge in [-0.1, -0.05) is 13.8 Å². The Morgan fingerprint density at radius 1 is 1.50 bits per heavy atom. The molecule has 0 aliphatic carbocycles. The molecule has 16 heavy (non-hydrogen) atoms. The first-order valence-corrected chi connectivity index (χ1v) is 6.30. The average Bonchev–Trinajstić information content (AvgIpc) is 2.71. The summed E-state index contributed by atoms with van der Waals surface area (Å²) in [6.07, 6.45) is 2.46. The zero-order chi connectivity index (χ0) is 12.1. The van der Waals surface area contributed by atoms with Gasteiger partial charge in [0.25, 0.3) is 0 Å². The summed E-state index contributed by atoms with van der Waals surface area (Å²) >= 11 is 0. The number of carbonyl (C=O) groups is 1. The van der Waals surface area contributed by atoms with Gasteiger partial charge in [0.1, 0.15) is 0 Å². The second kappa shape index (κ2) is 6.21. The molecule has 1 aliphatic rings. The van der Waals surface area contributed by atoms with Crippen LogP contribution in [0, 0.1) is 0 Å². The highest BCUT2D eigenvalue weighted by Crippen LogP contribution is 2.12. The minimum absolute atomic E-state index is 0.0859. The van der Waals surface area contributed by atoms with Crippen molar-refractivity contribution < 1.29 is 9.90 Å². The molecule has 2 N–H and O–H groups in total. The third-order valence-electron chi connectivity index (χ3n) is 3.45. The summed E-state index contributed by atoms with van der Waals surface area (Å²) in [6, 6.07) is 0.153. The number of nitrogens with zero attached hydrogens (tertiary/aromatic N) is 1. The predicted octanol–water partition coefficient (Wildman–Crippen LogP) is 0.746. The van der Waals surface area contributed by atoms with Gasteiger partial charge in [-0.25, -0.2) is 0 Å². The van der Waals surface area contributed by atoms with Crippen LogP contribution in [0.5, 0.6) is 0 Å². The van der Waals surface area contributed by atoms with Crippen molar-refractivity contribution in [2.45, 2.75) is 58.2 Å². The normalized spacial score (nSPS) is 23.7. The van der Waals surface area contributed by atoms with Crippen LogP contribution in [0.3, 0.4) is 0 Å². The highest BCUT2D eigenvalue weighted by atomic mass is 16.3. The second-order valence-electron chi connectivity index (χ2n) is 4.64. The van der Waals surface area contributed by atoms with Crippen molar-refractivity contribution in [1.29, 1.82) is 0 Å². The van der Waals surface area contributed by atoms with E-state index in [1.54, 1.807) is 0 Å². The fourth-order valence-corrected chi connectivity index (χ4v) is 2.10. The van der Waals surface area contributed by atoms with Crippen molar-refractivity contribution in [2.75, 3.05) is 13.1 Å². The van der Waals surface area contributed by atoms with Gasteiger partial charge >= 0.3 is 0 Å². The van der Waals surface area contributed by atoms with Gasteiger partial charge in [0.05, 0.1) is 12.1 Å².